The summed E-state index contributed by atoms with van der Waals surface area (Å²) < 4.78 is 0. The first-order chi connectivity index (χ1) is 8.56. The summed E-state index contributed by atoms with van der Waals surface area (Å²) in [4.78, 5) is 10.3. The highest BCUT2D eigenvalue weighted by Crippen LogP contribution is 2.26. The van der Waals surface area contributed by atoms with Gasteiger partial charge < -0.3 is 16.0 Å². The average molecular weight is 243 g/mol. The number of anilines is 4. The van der Waals surface area contributed by atoms with Crippen LogP contribution in [0, 0.1) is 6.92 Å². The SMILES string of the molecule is Cc1cc(Nc2ccccc2N(C)C)nc(N)n1. The first-order valence-electron chi connectivity index (χ1n) is 5.71. The number of nitrogen functional groups attached to an aromatic ring is 1. The van der Waals surface area contributed by atoms with Gasteiger partial charge in [-0.3, -0.25) is 0 Å². The van der Waals surface area contributed by atoms with Crippen molar-refractivity contribution in [2.45, 2.75) is 6.92 Å². The maximum Gasteiger partial charge on any atom is 0.222 e. The molecule has 1 aromatic carbocycles. The van der Waals surface area contributed by atoms with E-state index in [4.69, 9.17) is 5.73 Å². The van der Waals surface area contributed by atoms with E-state index < -0.39 is 0 Å². The minimum Gasteiger partial charge on any atom is -0.376 e. The van der Waals surface area contributed by atoms with Crippen LogP contribution in [0.15, 0.2) is 30.3 Å². The standard InChI is InChI=1S/C13H17N5/c1-9-8-12(17-13(14)15-9)16-10-6-4-5-7-11(10)18(2)3/h4-8H,1-3H3,(H3,14,15,16,17). The van der Waals surface area contributed by atoms with E-state index in [9.17, 15) is 0 Å². The summed E-state index contributed by atoms with van der Waals surface area (Å²) in [6.07, 6.45) is 0. The lowest BCUT2D eigenvalue weighted by molar-refractivity contribution is 1.11. The lowest BCUT2D eigenvalue weighted by atomic mass is 10.2. The van der Waals surface area contributed by atoms with Crippen LogP contribution in [0.4, 0.5) is 23.1 Å². The van der Waals surface area contributed by atoms with Crippen molar-refractivity contribution in [2.24, 2.45) is 0 Å². The van der Waals surface area contributed by atoms with Crippen LogP contribution in [0.3, 0.4) is 0 Å². The molecule has 0 aliphatic heterocycles. The molecule has 0 saturated carbocycles. The molecule has 0 unspecified atom stereocenters. The van der Waals surface area contributed by atoms with E-state index in [2.05, 4.69) is 15.3 Å². The maximum atomic E-state index is 5.64. The van der Waals surface area contributed by atoms with E-state index >= 15 is 0 Å². The minimum atomic E-state index is 0.278. The van der Waals surface area contributed by atoms with Crippen molar-refractivity contribution in [3.63, 3.8) is 0 Å². The number of hydrogen-bond acceptors (Lipinski definition) is 5. The molecule has 94 valence electrons. The van der Waals surface area contributed by atoms with Crippen LogP contribution in [0.2, 0.25) is 0 Å². The summed E-state index contributed by atoms with van der Waals surface area (Å²) in [5.74, 6) is 0.981. The molecule has 0 saturated heterocycles. The van der Waals surface area contributed by atoms with Gasteiger partial charge in [-0.25, -0.2) is 4.98 Å². The fourth-order valence-corrected chi connectivity index (χ4v) is 1.76. The predicted molar refractivity (Wildman–Crippen MR) is 75.2 cm³/mol. The fraction of sp³-hybridized carbons (Fsp3) is 0.231. The van der Waals surface area contributed by atoms with E-state index in [0.29, 0.717) is 5.82 Å². The van der Waals surface area contributed by atoms with Gasteiger partial charge in [0.05, 0.1) is 11.4 Å². The monoisotopic (exact) mass is 243 g/mol. The van der Waals surface area contributed by atoms with E-state index in [1.54, 1.807) is 0 Å². The molecule has 0 fully saturated rings. The topological polar surface area (TPSA) is 67.1 Å². The number of benzene rings is 1. The molecule has 1 heterocycles. The molecule has 3 N–H and O–H groups in total. The molecule has 0 spiro atoms. The number of nitrogens with two attached hydrogens (primary N) is 1. The molecule has 1 aromatic heterocycles. The Morgan fingerprint density at radius 3 is 2.56 bits per heavy atom. The van der Waals surface area contributed by atoms with Crippen molar-refractivity contribution in [3.8, 4) is 0 Å². The number of aromatic nitrogens is 2. The Morgan fingerprint density at radius 1 is 1.17 bits per heavy atom. The van der Waals surface area contributed by atoms with Gasteiger partial charge in [-0.15, -0.1) is 0 Å². The zero-order valence-corrected chi connectivity index (χ0v) is 10.8. The van der Waals surface area contributed by atoms with Crippen LogP contribution >= 0.6 is 0 Å². The molecule has 18 heavy (non-hydrogen) atoms. The van der Waals surface area contributed by atoms with Gasteiger partial charge in [0.15, 0.2) is 0 Å². The maximum absolute atomic E-state index is 5.64. The summed E-state index contributed by atoms with van der Waals surface area (Å²) in [7, 11) is 4.00. The first-order valence-corrected chi connectivity index (χ1v) is 5.71. The molecule has 5 nitrogen and oxygen atoms in total. The second kappa shape index (κ2) is 4.91. The summed E-state index contributed by atoms with van der Waals surface area (Å²) in [6, 6.07) is 9.89. The van der Waals surface area contributed by atoms with Crippen LogP contribution in [0.5, 0.6) is 0 Å². The predicted octanol–water partition coefficient (Wildman–Crippen LogP) is 2.18. The Bertz CT molecular complexity index is 531. The van der Waals surface area contributed by atoms with Gasteiger partial charge in [-0.05, 0) is 19.1 Å². The van der Waals surface area contributed by atoms with Crippen molar-refractivity contribution < 1.29 is 0 Å². The molecule has 0 radical (unpaired) electrons. The number of para-hydroxylation sites is 2. The van der Waals surface area contributed by atoms with Crippen molar-refractivity contribution in [3.05, 3.63) is 36.0 Å². The largest absolute Gasteiger partial charge is 0.376 e. The highest BCUT2D eigenvalue weighted by Gasteiger charge is 2.05. The third-order valence-electron chi connectivity index (χ3n) is 2.52. The van der Waals surface area contributed by atoms with Gasteiger partial charge in [-0.2, -0.15) is 4.98 Å². The highest BCUT2D eigenvalue weighted by atomic mass is 15.1. The molecule has 2 aromatic rings. The number of rotatable bonds is 3. The molecule has 2 rings (SSSR count). The van der Waals surface area contributed by atoms with Crippen LogP contribution in [-0.2, 0) is 0 Å². The van der Waals surface area contributed by atoms with Gasteiger partial charge in [0.2, 0.25) is 5.95 Å². The molecule has 0 amide bonds. The molecule has 0 bridgehead atoms. The number of aryl methyl sites for hydroxylation is 1. The normalized spacial score (nSPS) is 10.2. The molecule has 0 atom stereocenters. The summed E-state index contributed by atoms with van der Waals surface area (Å²) >= 11 is 0. The number of hydrogen-bond donors (Lipinski definition) is 2. The van der Waals surface area contributed by atoms with Crippen molar-refractivity contribution >= 4 is 23.1 Å². The second-order valence-electron chi connectivity index (χ2n) is 4.29. The van der Waals surface area contributed by atoms with Gasteiger partial charge in [0.25, 0.3) is 0 Å². The van der Waals surface area contributed by atoms with E-state index in [1.807, 2.05) is 56.3 Å². The number of nitrogens with zero attached hydrogens (tertiary/aromatic N) is 3. The number of nitrogens with one attached hydrogen (secondary N) is 1. The summed E-state index contributed by atoms with van der Waals surface area (Å²) in [5, 5.41) is 3.26. The van der Waals surface area contributed by atoms with Crippen LogP contribution in [-0.4, -0.2) is 24.1 Å². The van der Waals surface area contributed by atoms with Gasteiger partial charge in [0, 0.05) is 25.9 Å². The van der Waals surface area contributed by atoms with E-state index in [0.717, 1.165) is 17.1 Å². The van der Waals surface area contributed by atoms with Gasteiger partial charge >= 0.3 is 0 Å². The minimum absolute atomic E-state index is 0.278. The van der Waals surface area contributed by atoms with Crippen molar-refractivity contribution in [2.75, 3.05) is 30.0 Å². The molecular formula is C13H17N5. The van der Waals surface area contributed by atoms with Crippen LogP contribution in [0.25, 0.3) is 0 Å². The fourth-order valence-electron chi connectivity index (χ4n) is 1.76. The first kappa shape index (κ1) is 12.2. The Balaban J connectivity index is 2.34. The Hall–Kier alpha value is -2.30. The smallest absolute Gasteiger partial charge is 0.222 e. The van der Waals surface area contributed by atoms with Crippen molar-refractivity contribution in [1.82, 2.24) is 9.97 Å². The lowest BCUT2D eigenvalue weighted by Crippen LogP contribution is -2.11. The quantitative estimate of drug-likeness (QED) is 0.864. The van der Waals surface area contributed by atoms with Gasteiger partial charge in [0.1, 0.15) is 5.82 Å². The second-order valence-corrected chi connectivity index (χ2v) is 4.29. The van der Waals surface area contributed by atoms with Crippen LogP contribution in [0.1, 0.15) is 5.69 Å². The zero-order chi connectivity index (χ0) is 13.1. The Labute approximate surface area is 107 Å². The zero-order valence-electron chi connectivity index (χ0n) is 10.8. The van der Waals surface area contributed by atoms with E-state index in [-0.39, 0.29) is 5.95 Å². The molecule has 0 aliphatic carbocycles. The molecule has 5 heteroatoms. The average Bonchev–Trinajstić information content (AvgIpc) is 2.27. The molecular weight excluding hydrogens is 226 g/mol. The third kappa shape index (κ3) is 2.68. The van der Waals surface area contributed by atoms with Gasteiger partial charge in [-0.1, -0.05) is 12.1 Å². The Kier molecular flexibility index (Phi) is 3.32. The lowest BCUT2D eigenvalue weighted by Gasteiger charge is -2.18. The van der Waals surface area contributed by atoms with Crippen molar-refractivity contribution in [1.29, 1.82) is 0 Å². The van der Waals surface area contributed by atoms with Crippen LogP contribution < -0.4 is 16.0 Å². The third-order valence-corrected chi connectivity index (χ3v) is 2.52. The highest BCUT2D eigenvalue weighted by molar-refractivity contribution is 5.73. The molecule has 0 aliphatic rings. The summed E-state index contributed by atoms with van der Waals surface area (Å²) in [5.41, 5.74) is 8.55. The Morgan fingerprint density at radius 2 is 1.89 bits per heavy atom. The van der Waals surface area contributed by atoms with E-state index in [1.165, 1.54) is 0 Å². The summed E-state index contributed by atoms with van der Waals surface area (Å²) in [6.45, 7) is 1.89.